The minimum atomic E-state index is 0.262. The summed E-state index contributed by atoms with van der Waals surface area (Å²) in [5, 5.41) is 11.1. The number of nitrogens with zero attached hydrogens (tertiary/aromatic N) is 5. The summed E-state index contributed by atoms with van der Waals surface area (Å²) in [5.74, 6) is 6.39. The van der Waals surface area contributed by atoms with Crippen LogP contribution in [0, 0.1) is 0 Å². The molecule has 3 aromatic rings. The van der Waals surface area contributed by atoms with Gasteiger partial charge >= 0.3 is 0 Å². The third-order valence-electron chi connectivity index (χ3n) is 2.24. The summed E-state index contributed by atoms with van der Waals surface area (Å²) in [6.45, 7) is 0. The van der Waals surface area contributed by atoms with Crippen molar-refractivity contribution in [3.8, 4) is 5.95 Å². The average molecular weight is 274 g/mol. The summed E-state index contributed by atoms with van der Waals surface area (Å²) in [4.78, 5) is 12.5. The highest BCUT2D eigenvalue weighted by Gasteiger charge is 2.08. The Morgan fingerprint density at radius 2 is 2.11 bits per heavy atom. The molecule has 0 unspecified atom stereocenters. The second-order valence-electron chi connectivity index (χ2n) is 3.51. The van der Waals surface area contributed by atoms with Crippen LogP contribution in [-0.4, -0.2) is 24.7 Å². The third-order valence-corrected chi connectivity index (χ3v) is 2.92. The van der Waals surface area contributed by atoms with Crippen LogP contribution in [0.5, 0.6) is 0 Å². The van der Waals surface area contributed by atoms with E-state index in [1.807, 2.05) is 16.8 Å². The Labute approximate surface area is 112 Å². The first-order valence-electron chi connectivity index (χ1n) is 5.37. The molecule has 19 heavy (non-hydrogen) atoms. The average Bonchev–Trinajstić information content (AvgIpc) is 3.11. The summed E-state index contributed by atoms with van der Waals surface area (Å²) in [6, 6.07) is 3.71. The zero-order chi connectivity index (χ0) is 13.1. The standard InChI is InChI=1S/C10H10N8S/c11-17-9-14-8(13-7-2-5-19-6-7)15-10(16-9)18-4-1-3-12-18/h1-6H,11H2,(H2,13,14,15,16,17). The highest BCUT2D eigenvalue weighted by atomic mass is 32.1. The van der Waals surface area contributed by atoms with Crippen LogP contribution >= 0.6 is 11.3 Å². The van der Waals surface area contributed by atoms with E-state index < -0.39 is 0 Å². The number of rotatable bonds is 4. The molecule has 9 heteroatoms. The Kier molecular flexibility index (Phi) is 3.04. The molecule has 0 saturated carbocycles. The van der Waals surface area contributed by atoms with Gasteiger partial charge in [-0.3, -0.25) is 5.43 Å². The maximum absolute atomic E-state index is 5.36. The van der Waals surface area contributed by atoms with Crippen molar-refractivity contribution in [1.29, 1.82) is 0 Å². The SMILES string of the molecule is NNc1nc(Nc2ccsc2)nc(-n2cccn2)n1. The van der Waals surface area contributed by atoms with Gasteiger partial charge in [0, 0.05) is 17.8 Å². The van der Waals surface area contributed by atoms with Gasteiger partial charge in [0.1, 0.15) is 0 Å². The largest absolute Gasteiger partial charge is 0.323 e. The zero-order valence-electron chi connectivity index (χ0n) is 9.69. The van der Waals surface area contributed by atoms with Crippen molar-refractivity contribution < 1.29 is 0 Å². The Hall–Kier alpha value is -2.52. The molecule has 0 aliphatic carbocycles. The maximum Gasteiger partial charge on any atom is 0.257 e. The molecule has 0 bridgehead atoms. The van der Waals surface area contributed by atoms with Gasteiger partial charge in [-0.15, -0.1) is 0 Å². The highest BCUT2D eigenvalue weighted by molar-refractivity contribution is 7.08. The number of hydrogen-bond acceptors (Lipinski definition) is 8. The van der Waals surface area contributed by atoms with Gasteiger partial charge in [0.15, 0.2) is 0 Å². The van der Waals surface area contributed by atoms with Crippen molar-refractivity contribution in [2.75, 3.05) is 10.7 Å². The topological polar surface area (TPSA) is 107 Å². The molecule has 0 amide bonds. The molecule has 0 atom stereocenters. The lowest BCUT2D eigenvalue weighted by Gasteiger charge is -2.07. The summed E-state index contributed by atoms with van der Waals surface area (Å²) >= 11 is 1.58. The van der Waals surface area contributed by atoms with Crippen molar-refractivity contribution in [1.82, 2.24) is 24.7 Å². The lowest BCUT2D eigenvalue weighted by Crippen LogP contribution is -2.15. The second-order valence-corrected chi connectivity index (χ2v) is 4.29. The van der Waals surface area contributed by atoms with Gasteiger partial charge in [0.25, 0.3) is 5.95 Å². The minimum Gasteiger partial charge on any atom is -0.323 e. The monoisotopic (exact) mass is 274 g/mol. The minimum absolute atomic E-state index is 0.262. The second kappa shape index (κ2) is 5.00. The van der Waals surface area contributed by atoms with Crippen molar-refractivity contribution in [2.45, 2.75) is 0 Å². The number of nitrogens with one attached hydrogen (secondary N) is 2. The van der Waals surface area contributed by atoms with Crippen LogP contribution in [0.15, 0.2) is 35.3 Å². The maximum atomic E-state index is 5.36. The first-order valence-corrected chi connectivity index (χ1v) is 6.31. The van der Waals surface area contributed by atoms with Gasteiger partial charge < -0.3 is 5.32 Å². The number of hydrogen-bond donors (Lipinski definition) is 3. The van der Waals surface area contributed by atoms with E-state index in [0.717, 1.165) is 5.69 Å². The zero-order valence-corrected chi connectivity index (χ0v) is 10.5. The van der Waals surface area contributed by atoms with E-state index >= 15 is 0 Å². The fourth-order valence-electron chi connectivity index (χ4n) is 1.44. The molecule has 0 radical (unpaired) electrons. The van der Waals surface area contributed by atoms with Gasteiger partial charge in [-0.1, -0.05) is 0 Å². The molecule has 8 nitrogen and oxygen atoms in total. The highest BCUT2D eigenvalue weighted by Crippen LogP contribution is 2.17. The lowest BCUT2D eigenvalue weighted by molar-refractivity contribution is 0.799. The first kappa shape index (κ1) is 11.6. The molecule has 0 fully saturated rings. The van der Waals surface area contributed by atoms with Crippen molar-refractivity contribution in [2.24, 2.45) is 5.84 Å². The molecule has 0 spiro atoms. The summed E-state index contributed by atoms with van der Waals surface area (Å²) in [7, 11) is 0. The molecule has 3 rings (SSSR count). The van der Waals surface area contributed by atoms with Crippen LogP contribution in [-0.2, 0) is 0 Å². The molecule has 3 aromatic heterocycles. The van der Waals surface area contributed by atoms with Crippen LogP contribution in [0.3, 0.4) is 0 Å². The van der Waals surface area contributed by atoms with E-state index in [0.29, 0.717) is 11.9 Å². The predicted octanol–water partition coefficient (Wildman–Crippen LogP) is 1.15. The van der Waals surface area contributed by atoms with E-state index in [1.165, 1.54) is 4.68 Å². The van der Waals surface area contributed by atoms with E-state index in [9.17, 15) is 0 Å². The molecule has 96 valence electrons. The van der Waals surface area contributed by atoms with Gasteiger partial charge in [-0.25, -0.2) is 10.5 Å². The van der Waals surface area contributed by atoms with Crippen LogP contribution in [0.25, 0.3) is 5.95 Å². The molecular weight excluding hydrogens is 264 g/mol. The van der Waals surface area contributed by atoms with Crippen LogP contribution in [0.1, 0.15) is 0 Å². The quantitative estimate of drug-likeness (QED) is 0.484. The fourth-order valence-corrected chi connectivity index (χ4v) is 2.03. The molecule has 3 heterocycles. The van der Waals surface area contributed by atoms with E-state index in [4.69, 9.17) is 5.84 Å². The summed E-state index contributed by atoms with van der Waals surface area (Å²) in [6.07, 6.45) is 3.38. The van der Waals surface area contributed by atoms with Crippen molar-refractivity contribution in [3.63, 3.8) is 0 Å². The van der Waals surface area contributed by atoms with Crippen molar-refractivity contribution in [3.05, 3.63) is 35.3 Å². The summed E-state index contributed by atoms with van der Waals surface area (Å²) in [5.41, 5.74) is 3.32. The van der Waals surface area contributed by atoms with Gasteiger partial charge in [-0.2, -0.15) is 31.4 Å². The molecule has 0 aliphatic heterocycles. The van der Waals surface area contributed by atoms with Gasteiger partial charge in [-0.05, 0) is 17.5 Å². The van der Waals surface area contributed by atoms with Gasteiger partial charge in [0.2, 0.25) is 11.9 Å². The molecule has 4 N–H and O–H groups in total. The molecule has 0 aromatic carbocycles. The molecule has 0 aliphatic rings. The molecular formula is C10H10N8S. The predicted molar refractivity (Wildman–Crippen MR) is 72.4 cm³/mol. The smallest absolute Gasteiger partial charge is 0.257 e. The molecule has 0 saturated heterocycles. The van der Waals surface area contributed by atoms with E-state index in [1.54, 1.807) is 29.8 Å². The van der Waals surface area contributed by atoms with E-state index in [2.05, 4.69) is 30.8 Å². The van der Waals surface area contributed by atoms with Crippen LogP contribution in [0.2, 0.25) is 0 Å². The van der Waals surface area contributed by atoms with Crippen LogP contribution < -0.4 is 16.6 Å². The number of thiophene rings is 1. The Morgan fingerprint density at radius 3 is 2.79 bits per heavy atom. The summed E-state index contributed by atoms with van der Waals surface area (Å²) < 4.78 is 1.53. The Bertz CT molecular complexity index is 648. The number of hydrazine groups is 1. The Balaban J connectivity index is 1.98. The number of nitrogens with two attached hydrogens (primary N) is 1. The Morgan fingerprint density at radius 1 is 1.21 bits per heavy atom. The normalized spacial score (nSPS) is 10.4. The van der Waals surface area contributed by atoms with Crippen LogP contribution in [0.4, 0.5) is 17.6 Å². The fraction of sp³-hybridized carbons (Fsp3) is 0. The number of nitrogen functional groups attached to an aromatic ring is 1. The third kappa shape index (κ3) is 2.51. The van der Waals surface area contributed by atoms with Crippen molar-refractivity contribution >= 4 is 28.9 Å². The first-order chi connectivity index (χ1) is 9.35. The lowest BCUT2D eigenvalue weighted by atomic mass is 10.5. The van der Waals surface area contributed by atoms with E-state index in [-0.39, 0.29) is 5.95 Å². The number of anilines is 3. The van der Waals surface area contributed by atoms with Gasteiger partial charge in [0.05, 0.1) is 5.69 Å². The number of aromatic nitrogens is 5.